The van der Waals surface area contributed by atoms with Crippen molar-refractivity contribution in [2.45, 2.75) is 38.8 Å². The van der Waals surface area contributed by atoms with Crippen LogP contribution in [0.5, 0.6) is 0 Å². The zero-order valence-corrected chi connectivity index (χ0v) is 6.89. The summed E-state index contributed by atoms with van der Waals surface area (Å²) in [5.74, 6) is 0. The summed E-state index contributed by atoms with van der Waals surface area (Å²) in [6, 6.07) is 1.34. The summed E-state index contributed by atoms with van der Waals surface area (Å²) in [5.41, 5.74) is 0. The monoisotopic (exact) mass is 143 g/mol. The van der Waals surface area contributed by atoms with Gasteiger partial charge in [-0.05, 0) is 26.7 Å². The van der Waals surface area contributed by atoms with Gasteiger partial charge < -0.3 is 10.1 Å². The van der Waals surface area contributed by atoms with E-state index in [9.17, 15) is 0 Å². The van der Waals surface area contributed by atoms with Gasteiger partial charge in [0, 0.05) is 18.7 Å². The van der Waals surface area contributed by atoms with Crippen molar-refractivity contribution in [1.82, 2.24) is 5.32 Å². The van der Waals surface area contributed by atoms with E-state index in [0.717, 1.165) is 19.3 Å². The zero-order valence-electron chi connectivity index (χ0n) is 6.89. The Labute approximate surface area is 63.0 Å². The van der Waals surface area contributed by atoms with Crippen molar-refractivity contribution in [3.63, 3.8) is 0 Å². The van der Waals surface area contributed by atoms with Crippen LogP contribution in [0.15, 0.2) is 0 Å². The van der Waals surface area contributed by atoms with Crippen LogP contribution in [0.2, 0.25) is 0 Å². The molecule has 0 aromatic carbocycles. The molecule has 1 N–H and O–H groups in total. The van der Waals surface area contributed by atoms with Crippen molar-refractivity contribution >= 4 is 0 Å². The Bertz CT molecular complexity index is 91.3. The van der Waals surface area contributed by atoms with Crippen LogP contribution in [0.25, 0.3) is 0 Å². The quantitative estimate of drug-likeness (QED) is 0.623. The van der Waals surface area contributed by atoms with E-state index < -0.39 is 0 Å². The molecule has 0 heterocycles. The fourth-order valence-electron chi connectivity index (χ4n) is 0.995. The molecular formula is C8H17NO. The second-order valence-electron chi connectivity index (χ2n) is 3.00. The van der Waals surface area contributed by atoms with Crippen LogP contribution in [0.4, 0.5) is 0 Å². The maximum atomic E-state index is 5.26. The first-order valence-electron chi connectivity index (χ1n) is 4.16. The van der Waals surface area contributed by atoms with Gasteiger partial charge in [-0.2, -0.15) is 0 Å². The van der Waals surface area contributed by atoms with Crippen molar-refractivity contribution in [3.05, 3.63) is 0 Å². The van der Waals surface area contributed by atoms with Crippen molar-refractivity contribution in [1.29, 1.82) is 0 Å². The predicted molar refractivity (Wildman–Crippen MR) is 42.1 cm³/mol. The summed E-state index contributed by atoms with van der Waals surface area (Å²) in [4.78, 5) is 0. The minimum Gasteiger partial charge on any atom is -0.380 e. The highest BCUT2D eigenvalue weighted by Crippen LogP contribution is 2.19. The minimum atomic E-state index is 0.535. The normalized spacial score (nSPS) is 21.0. The largest absolute Gasteiger partial charge is 0.380 e. The van der Waals surface area contributed by atoms with Crippen molar-refractivity contribution in [2.75, 3.05) is 13.2 Å². The number of nitrogens with one attached hydrogen (secondary N) is 1. The first-order valence-corrected chi connectivity index (χ1v) is 4.16. The Morgan fingerprint density at radius 2 is 2.30 bits per heavy atom. The Kier molecular flexibility index (Phi) is 3.16. The van der Waals surface area contributed by atoms with E-state index in [1.807, 2.05) is 6.92 Å². The van der Waals surface area contributed by atoms with Crippen LogP contribution >= 0.6 is 0 Å². The maximum Gasteiger partial charge on any atom is 0.0616 e. The summed E-state index contributed by atoms with van der Waals surface area (Å²) in [7, 11) is 0. The molecular weight excluding hydrogens is 126 g/mol. The van der Waals surface area contributed by atoms with Crippen LogP contribution in [-0.4, -0.2) is 25.3 Å². The van der Waals surface area contributed by atoms with Crippen LogP contribution in [-0.2, 0) is 4.74 Å². The van der Waals surface area contributed by atoms with Crippen LogP contribution < -0.4 is 5.32 Å². The summed E-state index contributed by atoms with van der Waals surface area (Å²) in [6.45, 7) is 5.89. The fourth-order valence-corrected chi connectivity index (χ4v) is 0.995. The van der Waals surface area contributed by atoms with E-state index in [0.29, 0.717) is 6.04 Å². The minimum absolute atomic E-state index is 0.535. The Balaban J connectivity index is 1.91. The van der Waals surface area contributed by atoms with Gasteiger partial charge in [-0.1, -0.05) is 0 Å². The molecule has 0 amide bonds. The van der Waals surface area contributed by atoms with E-state index >= 15 is 0 Å². The van der Waals surface area contributed by atoms with E-state index in [4.69, 9.17) is 4.74 Å². The average molecular weight is 143 g/mol. The molecule has 10 heavy (non-hydrogen) atoms. The van der Waals surface area contributed by atoms with E-state index in [2.05, 4.69) is 12.2 Å². The molecule has 1 aliphatic rings. The zero-order chi connectivity index (χ0) is 7.40. The van der Waals surface area contributed by atoms with Gasteiger partial charge in [0.2, 0.25) is 0 Å². The SMILES string of the molecule is CCOCC(C)NC1CC1. The summed E-state index contributed by atoms with van der Waals surface area (Å²) in [6.07, 6.45) is 2.72. The molecule has 60 valence electrons. The van der Waals surface area contributed by atoms with Gasteiger partial charge in [-0.25, -0.2) is 0 Å². The van der Waals surface area contributed by atoms with E-state index in [1.54, 1.807) is 0 Å². The fraction of sp³-hybridized carbons (Fsp3) is 1.00. The second-order valence-corrected chi connectivity index (χ2v) is 3.00. The van der Waals surface area contributed by atoms with Gasteiger partial charge in [0.1, 0.15) is 0 Å². The summed E-state index contributed by atoms with van der Waals surface area (Å²) in [5, 5.41) is 3.46. The molecule has 1 saturated carbocycles. The summed E-state index contributed by atoms with van der Waals surface area (Å²) >= 11 is 0. The highest BCUT2D eigenvalue weighted by atomic mass is 16.5. The molecule has 0 saturated heterocycles. The predicted octanol–water partition coefficient (Wildman–Crippen LogP) is 1.16. The molecule has 0 aromatic heterocycles. The van der Waals surface area contributed by atoms with Gasteiger partial charge in [0.05, 0.1) is 6.61 Å². The molecule has 1 aliphatic carbocycles. The topological polar surface area (TPSA) is 21.3 Å². The lowest BCUT2D eigenvalue weighted by Gasteiger charge is -2.11. The smallest absolute Gasteiger partial charge is 0.0616 e. The van der Waals surface area contributed by atoms with Crippen molar-refractivity contribution in [2.24, 2.45) is 0 Å². The van der Waals surface area contributed by atoms with Crippen LogP contribution in [0.1, 0.15) is 26.7 Å². The third-order valence-corrected chi connectivity index (χ3v) is 1.67. The average Bonchev–Trinajstić information content (AvgIpc) is 2.67. The highest BCUT2D eigenvalue weighted by Gasteiger charge is 2.22. The summed E-state index contributed by atoms with van der Waals surface area (Å²) < 4.78 is 5.26. The molecule has 2 heteroatoms. The number of hydrogen-bond donors (Lipinski definition) is 1. The maximum absolute atomic E-state index is 5.26. The van der Waals surface area contributed by atoms with Gasteiger partial charge in [0.15, 0.2) is 0 Å². The molecule has 0 radical (unpaired) electrons. The Morgan fingerprint density at radius 1 is 1.60 bits per heavy atom. The molecule has 2 nitrogen and oxygen atoms in total. The number of ether oxygens (including phenoxy) is 1. The number of hydrogen-bond acceptors (Lipinski definition) is 2. The number of rotatable bonds is 5. The Morgan fingerprint density at radius 3 is 2.80 bits per heavy atom. The third-order valence-electron chi connectivity index (χ3n) is 1.67. The van der Waals surface area contributed by atoms with Crippen LogP contribution in [0, 0.1) is 0 Å². The lowest BCUT2D eigenvalue weighted by molar-refractivity contribution is 0.127. The first kappa shape index (κ1) is 8.02. The molecule has 1 unspecified atom stereocenters. The third kappa shape index (κ3) is 3.18. The standard InChI is InChI=1S/C8H17NO/c1-3-10-6-7(2)9-8-4-5-8/h7-9H,3-6H2,1-2H3. The lowest BCUT2D eigenvalue weighted by atomic mass is 10.3. The molecule has 0 aliphatic heterocycles. The van der Waals surface area contributed by atoms with Gasteiger partial charge in [-0.3, -0.25) is 0 Å². The second kappa shape index (κ2) is 3.94. The van der Waals surface area contributed by atoms with E-state index in [1.165, 1.54) is 12.8 Å². The van der Waals surface area contributed by atoms with Crippen molar-refractivity contribution < 1.29 is 4.74 Å². The molecule has 1 rings (SSSR count). The highest BCUT2D eigenvalue weighted by molar-refractivity contribution is 4.83. The Hall–Kier alpha value is -0.0800. The molecule has 1 atom stereocenters. The molecule has 1 fully saturated rings. The van der Waals surface area contributed by atoms with Crippen LogP contribution in [0.3, 0.4) is 0 Å². The van der Waals surface area contributed by atoms with Gasteiger partial charge in [-0.15, -0.1) is 0 Å². The molecule has 0 bridgehead atoms. The van der Waals surface area contributed by atoms with Gasteiger partial charge >= 0.3 is 0 Å². The van der Waals surface area contributed by atoms with Gasteiger partial charge in [0.25, 0.3) is 0 Å². The molecule has 0 spiro atoms. The first-order chi connectivity index (χ1) is 4.83. The van der Waals surface area contributed by atoms with E-state index in [-0.39, 0.29) is 0 Å². The lowest BCUT2D eigenvalue weighted by Crippen LogP contribution is -2.32. The van der Waals surface area contributed by atoms with Crippen molar-refractivity contribution in [3.8, 4) is 0 Å². The molecule has 0 aromatic rings.